The second kappa shape index (κ2) is 4.58. The third-order valence-corrected chi connectivity index (χ3v) is 4.32. The molecule has 0 bridgehead atoms. The molecule has 5 heteroatoms. The van der Waals surface area contributed by atoms with Gasteiger partial charge in [-0.05, 0) is 31.4 Å². The van der Waals surface area contributed by atoms with Crippen LogP contribution in [0.2, 0.25) is 0 Å². The van der Waals surface area contributed by atoms with Crippen molar-refractivity contribution in [2.45, 2.75) is 25.3 Å². The highest BCUT2D eigenvalue weighted by Gasteiger charge is 2.23. The SMILES string of the molecule is NCC1CCCCN1c1nc2cccnc2s1. The molecule has 1 aliphatic rings. The predicted octanol–water partition coefficient (Wildman–Crippen LogP) is 2.01. The smallest absolute Gasteiger partial charge is 0.188 e. The van der Waals surface area contributed by atoms with Crippen molar-refractivity contribution in [2.75, 3.05) is 18.0 Å². The molecule has 1 fully saturated rings. The Balaban J connectivity index is 1.96. The van der Waals surface area contributed by atoms with Gasteiger partial charge >= 0.3 is 0 Å². The molecule has 1 atom stereocenters. The normalized spacial score (nSPS) is 21.0. The van der Waals surface area contributed by atoms with Gasteiger partial charge in [-0.3, -0.25) is 0 Å². The van der Waals surface area contributed by atoms with E-state index in [1.807, 2.05) is 18.3 Å². The average Bonchev–Trinajstić information content (AvgIpc) is 2.82. The first-order chi connectivity index (χ1) is 8.38. The number of hydrogen-bond donors (Lipinski definition) is 1. The molecule has 3 rings (SSSR count). The van der Waals surface area contributed by atoms with Gasteiger partial charge in [0.2, 0.25) is 0 Å². The molecule has 0 spiro atoms. The molecule has 17 heavy (non-hydrogen) atoms. The highest BCUT2D eigenvalue weighted by molar-refractivity contribution is 7.21. The number of anilines is 1. The fourth-order valence-electron chi connectivity index (χ4n) is 2.38. The molecule has 0 saturated carbocycles. The average molecular weight is 248 g/mol. The Morgan fingerprint density at radius 2 is 2.41 bits per heavy atom. The van der Waals surface area contributed by atoms with Crippen LogP contribution in [-0.4, -0.2) is 29.1 Å². The molecule has 1 unspecified atom stereocenters. The minimum Gasteiger partial charge on any atom is -0.344 e. The zero-order valence-corrected chi connectivity index (χ0v) is 10.5. The van der Waals surface area contributed by atoms with Crippen LogP contribution in [-0.2, 0) is 0 Å². The van der Waals surface area contributed by atoms with E-state index in [9.17, 15) is 0 Å². The molecule has 3 heterocycles. The van der Waals surface area contributed by atoms with E-state index in [4.69, 9.17) is 5.73 Å². The van der Waals surface area contributed by atoms with Crippen LogP contribution < -0.4 is 10.6 Å². The summed E-state index contributed by atoms with van der Waals surface area (Å²) in [5.74, 6) is 0. The summed E-state index contributed by atoms with van der Waals surface area (Å²) < 4.78 is 0. The molecular formula is C12H16N4S. The van der Waals surface area contributed by atoms with Crippen molar-refractivity contribution >= 4 is 26.8 Å². The lowest BCUT2D eigenvalue weighted by Gasteiger charge is -2.34. The van der Waals surface area contributed by atoms with Crippen LogP contribution in [0, 0.1) is 0 Å². The van der Waals surface area contributed by atoms with Crippen LogP contribution in [0.25, 0.3) is 10.3 Å². The van der Waals surface area contributed by atoms with E-state index < -0.39 is 0 Å². The summed E-state index contributed by atoms with van der Waals surface area (Å²) >= 11 is 1.67. The second-order valence-electron chi connectivity index (χ2n) is 4.40. The molecular weight excluding hydrogens is 232 g/mol. The summed E-state index contributed by atoms with van der Waals surface area (Å²) in [5, 5.41) is 1.08. The molecule has 1 aliphatic heterocycles. The Labute approximate surface area is 104 Å². The third kappa shape index (κ3) is 2.00. The molecule has 4 nitrogen and oxygen atoms in total. The van der Waals surface area contributed by atoms with Gasteiger partial charge in [0.15, 0.2) is 5.13 Å². The number of nitrogens with zero attached hydrogens (tertiary/aromatic N) is 3. The van der Waals surface area contributed by atoms with E-state index >= 15 is 0 Å². The van der Waals surface area contributed by atoms with E-state index in [0.29, 0.717) is 12.6 Å². The van der Waals surface area contributed by atoms with Gasteiger partial charge in [-0.2, -0.15) is 0 Å². The van der Waals surface area contributed by atoms with Gasteiger partial charge in [-0.15, -0.1) is 0 Å². The van der Waals surface area contributed by atoms with Crippen molar-refractivity contribution in [2.24, 2.45) is 5.73 Å². The van der Waals surface area contributed by atoms with Gasteiger partial charge in [-0.25, -0.2) is 9.97 Å². The molecule has 2 aromatic heterocycles. The van der Waals surface area contributed by atoms with E-state index in [0.717, 1.165) is 22.0 Å². The van der Waals surface area contributed by atoms with Crippen molar-refractivity contribution in [1.82, 2.24) is 9.97 Å². The Morgan fingerprint density at radius 1 is 1.47 bits per heavy atom. The van der Waals surface area contributed by atoms with Crippen LogP contribution in [0.15, 0.2) is 18.3 Å². The number of fused-ring (bicyclic) bond motifs is 1. The molecule has 90 valence electrons. The van der Waals surface area contributed by atoms with E-state index in [1.165, 1.54) is 19.3 Å². The number of thiazole rings is 1. The summed E-state index contributed by atoms with van der Waals surface area (Å²) in [5.41, 5.74) is 6.84. The monoisotopic (exact) mass is 248 g/mol. The standard InChI is InChI=1S/C12H16N4S/c13-8-9-4-1-2-7-16(9)12-15-10-5-3-6-14-11(10)17-12/h3,5-6,9H,1-2,4,7-8,13H2. The number of hydrogen-bond acceptors (Lipinski definition) is 5. The Morgan fingerprint density at radius 3 is 3.24 bits per heavy atom. The maximum Gasteiger partial charge on any atom is 0.188 e. The molecule has 2 N–H and O–H groups in total. The lowest BCUT2D eigenvalue weighted by atomic mass is 10.0. The van der Waals surface area contributed by atoms with E-state index in [-0.39, 0.29) is 0 Å². The van der Waals surface area contributed by atoms with Crippen molar-refractivity contribution in [3.8, 4) is 0 Å². The minimum absolute atomic E-state index is 0.448. The van der Waals surface area contributed by atoms with Crippen LogP contribution in [0.4, 0.5) is 5.13 Å². The Kier molecular flexibility index (Phi) is 2.94. The maximum atomic E-state index is 5.84. The lowest BCUT2D eigenvalue weighted by molar-refractivity contribution is 0.465. The minimum atomic E-state index is 0.448. The first-order valence-electron chi connectivity index (χ1n) is 6.07. The van der Waals surface area contributed by atoms with Crippen molar-refractivity contribution in [3.05, 3.63) is 18.3 Å². The van der Waals surface area contributed by atoms with Crippen molar-refractivity contribution in [1.29, 1.82) is 0 Å². The number of pyridine rings is 1. The van der Waals surface area contributed by atoms with Crippen LogP contribution in [0.3, 0.4) is 0 Å². The summed E-state index contributed by atoms with van der Waals surface area (Å²) in [4.78, 5) is 12.4. The Hall–Kier alpha value is -1.20. The summed E-state index contributed by atoms with van der Waals surface area (Å²) in [6, 6.07) is 4.40. The highest BCUT2D eigenvalue weighted by atomic mass is 32.1. The first kappa shape index (κ1) is 10.9. The number of piperidine rings is 1. The van der Waals surface area contributed by atoms with Gasteiger partial charge in [0, 0.05) is 25.3 Å². The van der Waals surface area contributed by atoms with Gasteiger partial charge < -0.3 is 10.6 Å². The fraction of sp³-hybridized carbons (Fsp3) is 0.500. The van der Waals surface area contributed by atoms with E-state index in [2.05, 4.69) is 14.9 Å². The molecule has 0 radical (unpaired) electrons. The summed E-state index contributed by atoms with van der Waals surface area (Å²) in [7, 11) is 0. The molecule has 1 saturated heterocycles. The zero-order chi connectivity index (χ0) is 11.7. The van der Waals surface area contributed by atoms with Gasteiger partial charge in [0.05, 0.1) is 0 Å². The van der Waals surface area contributed by atoms with E-state index in [1.54, 1.807) is 11.3 Å². The number of aromatic nitrogens is 2. The molecule has 0 aliphatic carbocycles. The van der Waals surface area contributed by atoms with Crippen LogP contribution in [0.5, 0.6) is 0 Å². The fourth-order valence-corrected chi connectivity index (χ4v) is 3.39. The second-order valence-corrected chi connectivity index (χ2v) is 5.36. The maximum absolute atomic E-state index is 5.84. The molecule has 2 aromatic rings. The Bertz CT molecular complexity index is 477. The van der Waals surface area contributed by atoms with Gasteiger partial charge in [-0.1, -0.05) is 11.3 Å². The summed E-state index contributed by atoms with van der Waals surface area (Å²) in [6.45, 7) is 1.78. The zero-order valence-electron chi connectivity index (χ0n) is 9.67. The predicted molar refractivity (Wildman–Crippen MR) is 71.5 cm³/mol. The van der Waals surface area contributed by atoms with Crippen LogP contribution in [0.1, 0.15) is 19.3 Å². The largest absolute Gasteiger partial charge is 0.344 e. The first-order valence-corrected chi connectivity index (χ1v) is 6.88. The quantitative estimate of drug-likeness (QED) is 0.883. The molecule has 0 aromatic carbocycles. The van der Waals surface area contributed by atoms with Gasteiger partial charge in [0.25, 0.3) is 0 Å². The lowest BCUT2D eigenvalue weighted by Crippen LogP contribution is -2.44. The van der Waals surface area contributed by atoms with Gasteiger partial charge in [0.1, 0.15) is 10.3 Å². The molecule has 0 amide bonds. The number of nitrogens with two attached hydrogens (primary N) is 1. The third-order valence-electron chi connectivity index (χ3n) is 3.30. The van der Waals surface area contributed by atoms with Crippen LogP contribution >= 0.6 is 11.3 Å². The highest BCUT2D eigenvalue weighted by Crippen LogP contribution is 2.31. The van der Waals surface area contributed by atoms with Crippen molar-refractivity contribution in [3.63, 3.8) is 0 Å². The number of rotatable bonds is 2. The summed E-state index contributed by atoms with van der Waals surface area (Å²) in [6.07, 6.45) is 5.52. The van der Waals surface area contributed by atoms with Crippen molar-refractivity contribution < 1.29 is 0 Å². The topological polar surface area (TPSA) is 55.0 Å².